The first-order valence-electron chi connectivity index (χ1n) is 10.9. The molecule has 2 aliphatic rings. The Hall–Kier alpha value is -1.30. The molecule has 0 radical (unpaired) electrons. The van der Waals surface area contributed by atoms with Crippen LogP contribution in [0.5, 0.6) is 0 Å². The third-order valence-electron chi connectivity index (χ3n) is 5.69. The predicted octanol–water partition coefficient (Wildman–Crippen LogP) is -1.15. The fraction of sp³-hybridized carbons (Fsp3) is 0.900. The van der Waals surface area contributed by atoms with E-state index in [1.807, 2.05) is 0 Å². The lowest BCUT2D eigenvalue weighted by Crippen LogP contribution is -2.57. The van der Waals surface area contributed by atoms with Crippen LogP contribution in [0.2, 0.25) is 0 Å². The van der Waals surface area contributed by atoms with Gasteiger partial charge in [0.1, 0.15) is 24.4 Å². The third kappa shape index (κ3) is 6.60. The molecule has 6 N–H and O–H groups in total. The second-order valence-electron chi connectivity index (χ2n) is 8.24. The zero-order chi connectivity index (χ0) is 22.3. The van der Waals surface area contributed by atoms with Gasteiger partial charge in [-0.1, -0.05) is 12.8 Å². The van der Waals surface area contributed by atoms with Crippen molar-refractivity contribution < 1.29 is 34.4 Å². The molecule has 2 aliphatic heterocycles. The lowest BCUT2D eigenvalue weighted by atomic mass is 10.0. The van der Waals surface area contributed by atoms with Gasteiger partial charge in [0.15, 0.2) is 6.29 Å². The number of likely N-dealkylation sites (tertiary alicyclic amines) is 1. The second-order valence-corrected chi connectivity index (χ2v) is 8.24. The van der Waals surface area contributed by atoms with Gasteiger partial charge in [-0.05, 0) is 39.5 Å². The summed E-state index contributed by atoms with van der Waals surface area (Å²) < 4.78 is 10.9. The molecule has 30 heavy (non-hydrogen) atoms. The number of carbonyl (C=O) groups excluding carboxylic acids is 2. The van der Waals surface area contributed by atoms with Crippen LogP contribution in [-0.2, 0) is 19.1 Å². The quantitative estimate of drug-likeness (QED) is 0.272. The lowest BCUT2D eigenvalue weighted by Gasteiger charge is -2.38. The molecule has 10 nitrogen and oxygen atoms in total. The molecule has 7 atom stereocenters. The number of aliphatic hydroxyl groups excluding tert-OH is 3. The summed E-state index contributed by atoms with van der Waals surface area (Å²) in [4.78, 5) is 26.0. The van der Waals surface area contributed by atoms with Crippen LogP contribution < -0.4 is 11.1 Å². The van der Waals surface area contributed by atoms with Gasteiger partial charge < -0.3 is 40.7 Å². The van der Waals surface area contributed by atoms with Gasteiger partial charge in [0.05, 0.1) is 12.1 Å². The van der Waals surface area contributed by atoms with Gasteiger partial charge in [0, 0.05) is 19.7 Å². The number of unbranched alkanes of at least 4 members (excludes halogenated alkanes) is 3. The molecule has 0 aromatic heterocycles. The molecule has 2 fully saturated rings. The van der Waals surface area contributed by atoms with Gasteiger partial charge in [-0.2, -0.15) is 0 Å². The summed E-state index contributed by atoms with van der Waals surface area (Å²) in [5.41, 5.74) is 5.65. The highest BCUT2D eigenvalue weighted by atomic mass is 16.7. The van der Waals surface area contributed by atoms with E-state index in [2.05, 4.69) is 5.32 Å². The number of amides is 2. The van der Waals surface area contributed by atoms with Crippen molar-refractivity contribution in [3.63, 3.8) is 0 Å². The van der Waals surface area contributed by atoms with E-state index in [4.69, 9.17) is 15.2 Å². The fourth-order valence-electron chi connectivity index (χ4n) is 3.83. The largest absolute Gasteiger partial charge is 0.388 e. The van der Waals surface area contributed by atoms with Crippen LogP contribution in [0.25, 0.3) is 0 Å². The van der Waals surface area contributed by atoms with E-state index in [1.54, 1.807) is 18.7 Å². The summed E-state index contributed by atoms with van der Waals surface area (Å²) in [6, 6.07) is -1.02. The van der Waals surface area contributed by atoms with E-state index in [-0.39, 0.29) is 11.8 Å². The van der Waals surface area contributed by atoms with E-state index >= 15 is 0 Å². The Bertz CT molecular complexity index is 563. The highest BCUT2D eigenvalue weighted by molar-refractivity contribution is 5.90. The Morgan fingerprint density at radius 2 is 1.87 bits per heavy atom. The minimum Gasteiger partial charge on any atom is -0.388 e. The molecule has 0 bridgehead atoms. The number of ether oxygens (including phenoxy) is 2. The van der Waals surface area contributed by atoms with Gasteiger partial charge in [-0.15, -0.1) is 0 Å². The molecule has 0 aliphatic carbocycles. The van der Waals surface area contributed by atoms with Crippen LogP contribution in [0.1, 0.15) is 52.4 Å². The van der Waals surface area contributed by atoms with Gasteiger partial charge in [-0.25, -0.2) is 0 Å². The van der Waals surface area contributed by atoms with Gasteiger partial charge in [0.2, 0.25) is 11.8 Å². The minimum atomic E-state index is -1.29. The molecule has 0 aromatic carbocycles. The standard InChI is InChI=1S/C20H37N3O7/c1-12(21)19(28)23-10-7-8-14(23)18(27)22-9-5-3-4-6-11-29-20-17(26)16(25)15(24)13(2)30-20/h12-17,20,24-26H,3-11,21H2,1-2H3,(H,22,27)/t12-,13+,14+,15-,16-,17+,20+/m1/s1. The molecule has 0 spiro atoms. The number of nitrogens with two attached hydrogens (primary N) is 1. The van der Waals surface area contributed by atoms with Crippen LogP contribution in [0, 0.1) is 0 Å². The number of carbonyl (C=O) groups is 2. The number of nitrogens with zero attached hydrogens (tertiary/aromatic N) is 1. The zero-order valence-corrected chi connectivity index (χ0v) is 17.9. The van der Waals surface area contributed by atoms with Crippen molar-refractivity contribution in [3.05, 3.63) is 0 Å². The smallest absolute Gasteiger partial charge is 0.242 e. The maximum absolute atomic E-state index is 12.4. The average Bonchev–Trinajstić information content (AvgIpc) is 3.20. The SMILES string of the molecule is C[C@@H]1O[C@H](OCCCCCCNC(=O)[C@@H]2CCCN2C(=O)[C@@H](C)N)[C@@H](O)[C@H](O)[C@@H]1O. The van der Waals surface area contributed by atoms with Crippen molar-refractivity contribution in [1.82, 2.24) is 10.2 Å². The predicted molar refractivity (Wildman–Crippen MR) is 108 cm³/mol. The Morgan fingerprint density at radius 3 is 2.57 bits per heavy atom. The lowest BCUT2D eigenvalue weighted by molar-refractivity contribution is -0.293. The summed E-state index contributed by atoms with van der Waals surface area (Å²) >= 11 is 0. The molecule has 174 valence electrons. The van der Waals surface area contributed by atoms with Crippen LogP contribution in [0.3, 0.4) is 0 Å². The number of hydrogen-bond acceptors (Lipinski definition) is 8. The van der Waals surface area contributed by atoms with Crippen molar-refractivity contribution in [2.75, 3.05) is 19.7 Å². The molecule has 2 saturated heterocycles. The van der Waals surface area contributed by atoms with Crippen molar-refractivity contribution in [1.29, 1.82) is 0 Å². The number of aliphatic hydroxyl groups is 3. The molecule has 2 heterocycles. The number of nitrogens with one attached hydrogen (secondary N) is 1. The van der Waals surface area contributed by atoms with E-state index in [9.17, 15) is 24.9 Å². The Kier molecular flexibility index (Phi) is 9.92. The molecule has 0 saturated carbocycles. The number of rotatable bonds is 10. The summed E-state index contributed by atoms with van der Waals surface area (Å²) in [5, 5.41) is 32.2. The molecule has 0 unspecified atom stereocenters. The van der Waals surface area contributed by atoms with Gasteiger partial charge in [0.25, 0.3) is 0 Å². The average molecular weight is 432 g/mol. The maximum Gasteiger partial charge on any atom is 0.242 e. The molecular weight excluding hydrogens is 394 g/mol. The Morgan fingerprint density at radius 1 is 1.17 bits per heavy atom. The molecular formula is C20H37N3O7. The summed E-state index contributed by atoms with van der Waals surface area (Å²) in [5.74, 6) is -0.306. The first-order chi connectivity index (χ1) is 14.2. The van der Waals surface area contributed by atoms with Crippen LogP contribution in [0.4, 0.5) is 0 Å². The van der Waals surface area contributed by atoms with Crippen molar-refractivity contribution in [3.8, 4) is 0 Å². The second kappa shape index (κ2) is 11.9. The summed E-state index contributed by atoms with van der Waals surface area (Å²) in [6.07, 6.45) is -0.480. The Balaban J connectivity index is 1.55. The molecule has 2 rings (SSSR count). The molecule has 2 amide bonds. The van der Waals surface area contributed by atoms with Crippen molar-refractivity contribution >= 4 is 11.8 Å². The van der Waals surface area contributed by atoms with E-state index in [1.165, 1.54) is 0 Å². The van der Waals surface area contributed by atoms with Crippen molar-refractivity contribution in [2.24, 2.45) is 5.73 Å². The fourth-order valence-corrected chi connectivity index (χ4v) is 3.83. The van der Waals surface area contributed by atoms with E-state index < -0.39 is 42.8 Å². The summed E-state index contributed by atoms with van der Waals surface area (Å²) in [6.45, 7) is 4.73. The monoisotopic (exact) mass is 431 g/mol. The van der Waals surface area contributed by atoms with Crippen molar-refractivity contribution in [2.45, 2.75) is 95.2 Å². The van der Waals surface area contributed by atoms with Crippen LogP contribution in [-0.4, -0.2) is 94.5 Å². The normalized spacial score (nSPS) is 32.8. The van der Waals surface area contributed by atoms with Gasteiger partial charge in [-0.3, -0.25) is 9.59 Å². The van der Waals surface area contributed by atoms with E-state index in [0.29, 0.717) is 26.1 Å². The number of hydrogen-bond donors (Lipinski definition) is 5. The van der Waals surface area contributed by atoms with Crippen LogP contribution in [0.15, 0.2) is 0 Å². The first-order valence-corrected chi connectivity index (χ1v) is 10.9. The minimum absolute atomic E-state index is 0.122. The highest BCUT2D eigenvalue weighted by Crippen LogP contribution is 2.22. The third-order valence-corrected chi connectivity index (χ3v) is 5.69. The summed E-state index contributed by atoms with van der Waals surface area (Å²) in [7, 11) is 0. The van der Waals surface area contributed by atoms with Crippen LogP contribution >= 0.6 is 0 Å². The van der Waals surface area contributed by atoms with Gasteiger partial charge >= 0.3 is 0 Å². The highest BCUT2D eigenvalue weighted by Gasteiger charge is 2.42. The first kappa shape index (κ1) is 25.0. The van der Waals surface area contributed by atoms with E-state index in [0.717, 1.165) is 32.1 Å². The molecule has 10 heteroatoms. The maximum atomic E-state index is 12.4. The topological polar surface area (TPSA) is 155 Å². The zero-order valence-electron chi connectivity index (χ0n) is 17.9. The molecule has 0 aromatic rings. The Labute approximate surface area is 177 Å².